The SMILES string of the molecule is CCCNC(=O)[C@H](CC)N(Cc1c(Cl)cccc1Cl)C(=O)CCCN(C)S(=O)(=O)c1ccccc1. The first-order valence-corrected chi connectivity index (χ1v) is 13.8. The van der Waals surface area contributed by atoms with Crippen LogP contribution in [0.2, 0.25) is 10.0 Å². The van der Waals surface area contributed by atoms with Crippen molar-refractivity contribution in [2.24, 2.45) is 0 Å². The molecule has 7 nitrogen and oxygen atoms in total. The molecule has 0 aliphatic carbocycles. The van der Waals surface area contributed by atoms with Gasteiger partial charge in [-0.2, -0.15) is 0 Å². The Hall–Kier alpha value is -2.13. The van der Waals surface area contributed by atoms with Crippen LogP contribution >= 0.6 is 23.2 Å². The molecule has 0 aromatic heterocycles. The number of nitrogens with one attached hydrogen (secondary N) is 1. The van der Waals surface area contributed by atoms with Crippen molar-refractivity contribution in [1.29, 1.82) is 0 Å². The Balaban J connectivity index is 2.17. The highest BCUT2D eigenvalue weighted by Gasteiger charge is 2.29. The highest BCUT2D eigenvalue weighted by atomic mass is 35.5. The van der Waals surface area contributed by atoms with Crippen LogP contribution in [0.3, 0.4) is 0 Å². The lowest BCUT2D eigenvalue weighted by Gasteiger charge is -2.31. The molecule has 1 N–H and O–H groups in total. The van der Waals surface area contributed by atoms with Crippen LogP contribution in [0.25, 0.3) is 0 Å². The van der Waals surface area contributed by atoms with Gasteiger partial charge in [0.1, 0.15) is 6.04 Å². The molecule has 0 bridgehead atoms. The fraction of sp³-hybridized carbons (Fsp3) is 0.440. The summed E-state index contributed by atoms with van der Waals surface area (Å²) in [6, 6.07) is 12.5. The standard InChI is InChI=1S/C25H33Cl2N3O4S/c1-4-16-28-25(32)23(5-2)30(18-20-21(26)13-9-14-22(20)27)24(31)15-10-17-29(3)35(33,34)19-11-7-6-8-12-19/h6-9,11-14,23H,4-5,10,15-18H2,1-3H3,(H,28,32)/t23-/m0/s1. The van der Waals surface area contributed by atoms with Crippen molar-refractivity contribution < 1.29 is 18.0 Å². The molecule has 0 saturated carbocycles. The Kier molecular flexibility index (Phi) is 11.5. The Morgan fingerprint density at radius 3 is 2.20 bits per heavy atom. The Bertz CT molecular complexity index is 1080. The molecule has 2 aromatic rings. The molecule has 0 aliphatic rings. The Morgan fingerprint density at radius 1 is 1.00 bits per heavy atom. The van der Waals surface area contributed by atoms with Gasteiger partial charge in [-0.25, -0.2) is 12.7 Å². The molecule has 0 radical (unpaired) electrons. The van der Waals surface area contributed by atoms with E-state index < -0.39 is 16.1 Å². The van der Waals surface area contributed by atoms with Crippen LogP contribution in [0.4, 0.5) is 0 Å². The van der Waals surface area contributed by atoms with E-state index in [1.165, 1.54) is 28.4 Å². The fourth-order valence-corrected chi connectivity index (χ4v) is 5.38. The Morgan fingerprint density at radius 2 is 1.63 bits per heavy atom. The van der Waals surface area contributed by atoms with Gasteiger partial charge >= 0.3 is 0 Å². The molecule has 0 heterocycles. The van der Waals surface area contributed by atoms with E-state index in [1.54, 1.807) is 36.4 Å². The van der Waals surface area contributed by atoms with Crippen LogP contribution < -0.4 is 5.32 Å². The Labute approximate surface area is 218 Å². The maximum absolute atomic E-state index is 13.3. The maximum atomic E-state index is 13.3. The second-order valence-corrected chi connectivity index (χ2v) is 11.0. The highest BCUT2D eigenvalue weighted by molar-refractivity contribution is 7.89. The van der Waals surface area contributed by atoms with E-state index in [1.807, 2.05) is 13.8 Å². The van der Waals surface area contributed by atoms with E-state index in [0.29, 0.717) is 35.0 Å². The topological polar surface area (TPSA) is 86.8 Å². The molecule has 2 aromatic carbocycles. The largest absolute Gasteiger partial charge is 0.354 e. The molecule has 2 rings (SSSR count). The lowest BCUT2D eigenvalue weighted by Crippen LogP contribution is -2.49. The minimum atomic E-state index is -3.65. The first-order chi connectivity index (χ1) is 16.6. The summed E-state index contributed by atoms with van der Waals surface area (Å²) in [6.07, 6.45) is 1.54. The number of halogens is 2. The lowest BCUT2D eigenvalue weighted by atomic mass is 10.1. The second-order valence-electron chi connectivity index (χ2n) is 8.18. The quantitative estimate of drug-likeness (QED) is 0.397. The van der Waals surface area contributed by atoms with Crippen molar-refractivity contribution in [2.75, 3.05) is 20.1 Å². The third-order valence-electron chi connectivity index (χ3n) is 5.64. The number of hydrogen-bond donors (Lipinski definition) is 1. The average molecular weight is 543 g/mol. The molecule has 0 spiro atoms. The lowest BCUT2D eigenvalue weighted by molar-refractivity contribution is -0.141. The minimum absolute atomic E-state index is 0.0638. The predicted molar refractivity (Wildman–Crippen MR) is 140 cm³/mol. The van der Waals surface area contributed by atoms with Gasteiger partial charge in [-0.15, -0.1) is 0 Å². The molecular weight excluding hydrogens is 509 g/mol. The van der Waals surface area contributed by atoms with Crippen LogP contribution in [0.5, 0.6) is 0 Å². The number of rotatable bonds is 13. The van der Waals surface area contributed by atoms with Gasteiger partial charge < -0.3 is 10.2 Å². The first kappa shape index (κ1) is 29.1. The summed E-state index contributed by atoms with van der Waals surface area (Å²) >= 11 is 12.7. The molecule has 35 heavy (non-hydrogen) atoms. The van der Waals surface area contributed by atoms with Crippen LogP contribution in [0, 0.1) is 0 Å². The van der Waals surface area contributed by atoms with Gasteiger partial charge in [0.2, 0.25) is 21.8 Å². The van der Waals surface area contributed by atoms with E-state index in [2.05, 4.69) is 5.32 Å². The van der Waals surface area contributed by atoms with Crippen LogP contribution in [-0.4, -0.2) is 55.6 Å². The molecule has 1 atom stereocenters. The van der Waals surface area contributed by atoms with Crippen molar-refractivity contribution in [1.82, 2.24) is 14.5 Å². The summed E-state index contributed by atoms with van der Waals surface area (Å²) < 4.78 is 26.7. The molecule has 0 unspecified atom stereocenters. The van der Waals surface area contributed by atoms with Gasteiger partial charge in [-0.1, -0.05) is 61.3 Å². The van der Waals surface area contributed by atoms with E-state index in [0.717, 1.165) is 6.42 Å². The molecule has 10 heteroatoms. The monoisotopic (exact) mass is 541 g/mol. The van der Waals surface area contributed by atoms with E-state index >= 15 is 0 Å². The van der Waals surface area contributed by atoms with Crippen LogP contribution in [-0.2, 0) is 26.2 Å². The fourth-order valence-electron chi connectivity index (χ4n) is 3.63. The van der Waals surface area contributed by atoms with E-state index in [9.17, 15) is 18.0 Å². The second kappa shape index (κ2) is 13.8. The summed E-state index contributed by atoms with van der Waals surface area (Å²) in [6.45, 7) is 4.53. The van der Waals surface area contributed by atoms with Crippen LogP contribution in [0.15, 0.2) is 53.4 Å². The maximum Gasteiger partial charge on any atom is 0.242 e. The number of hydrogen-bond acceptors (Lipinski definition) is 4. The summed E-state index contributed by atoms with van der Waals surface area (Å²) in [4.78, 5) is 27.9. The predicted octanol–water partition coefficient (Wildman–Crippen LogP) is 4.73. The van der Waals surface area contributed by atoms with Gasteiger partial charge in [0.15, 0.2) is 0 Å². The van der Waals surface area contributed by atoms with Crippen molar-refractivity contribution in [3.05, 3.63) is 64.1 Å². The average Bonchev–Trinajstić information content (AvgIpc) is 2.84. The van der Waals surface area contributed by atoms with Gasteiger partial charge in [0.05, 0.1) is 4.90 Å². The molecule has 0 aliphatic heterocycles. The number of carbonyl (C=O) groups excluding carboxylic acids is 2. The normalized spacial score (nSPS) is 12.4. The molecule has 192 valence electrons. The third kappa shape index (κ3) is 7.93. The number of benzene rings is 2. The third-order valence-corrected chi connectivity index (χ3v) is 8.22. The molecule has 2 amide bonds. The smallest absolute Gasteiger partial charge is 0.242 e. The van der Waals surface area contributed by atoms with Gasteiger partial charge in [-0.3, -0.25) is 9.59 Å². The molecule has 0 saturated heterocycles. The molecular formula is C25H33Cl2N3O4S. The summed E-state index contributed by atoms with van der Waals surface area (Å²) in [5.74, 6) is -0.514. The molecule has 0 fully saturated rings. The zero-order valence-corrected chi connectivity index (χ0v) is 22.7. The van der Waals surface area contributed by atoms with Gasteiger partial charge in [0.25, 0.3) is 0 Å². The minimum Gasteiger partial charge on any atom is -0.354 e. The van der Waals surface area contributed by atoms with Crippen molar-refractivity contribution in [3.8, 4) is 0 Å². The number of sulfonamides is 1. The summed E-state index contributed by atoms with van der Waals surface area (Å²) in [5, 5.41) is 3.68. The number of amides is 2. The van der Waals surface area contributed by atoms with E-state index in [-0.39, 0.29) is 36.2 Å². The highest BCUT2D eigenvalue weighted by Crippen LogP contribution is 2.27. The van der Waals surface area contributed by atoms with Gasteiger partial charge in [0, 0.05) is 48.7 Å². The van der Waals surface area contributed by atoms with Crippen molar-refractivity contribution in [2.45, 2.75) is 57.0 Å². The number of carbonyl (C=O) groups is 2. The summed E-state index contributed by atoms with van der Waals surface area (Å²) in [7, 11) is -2.17. The zero-order valence-electron chi connectivity index (χ0n) is 20.3. The zero-order chi connectivity index (χ0) is 26.0. The van der Waals surface area contributed by atoms with Crippen molar-refractivity contribution in [3.63, 3.8) is 0 Å². The number of nitrogens with zero attached hydrogens (tertiary/aromatic N) is 2. The first-order valence-electron chi connectivity index (χ1n) is 11.6. The van der Waals surface area contributed by atoms with Crippen LogP contribution in [0.1, 0.15) is 45.1 Å². The van der Waals surface area contributed by atoms with E-state index in [4.69, 9.17) is 23.2 Å². The van der Waals surface area contributed by atoms with Crippen molar-refractivity contribution >= 4 is 45.0 Å². The van der Waals surface area contributed by atoms with Gasteiger partial charge in [-0.05, 0) is 43.5 Å². The summed E-state index contributed by atoms with van der Waals surface area (Å²) in [5.41, 5.74) is 0.565.